The lowest BCUT2D eigenvalue weighted by molar-refractivity contribution is 0.675. The number of nitrogens with one attached hydrogen (secondary N) is 2. The van der Waals surface area contributed by atoms with Gasteiger partial charge in [-0.05, 0) is 18.1 Å². The fourth-order valence-corrected chi connectivity index (χ4v) is 2.23. The van der Waals surface area contributed by atoms with Gasteiger partial charge in [0.25, 0.3) is 0 Å². The van der Waals surface area contributed by atoms with Gasteiger partial charge >= 0.3 is 0 Å². The molecule has 0 aliphatic rings. The van der Waals surface area contributed by atoms with Crippen molar-refractivity contribution < 1.29 is 0 Å². The molecule has 2 aromatic heterocycles. The zero-order valence-corrected chi connectivity index (χ0v) is 13.2. The zero-order chi connectivity index (χ0) is 14.5. The summed E-state index contributed by atoms with van der Waals surface area (Å²) in [6.45, 7) is 4.42. The molecule has 0 saturated carbocycles. The average molecular weight is 319 g/mol. The van der Waals surface area contributed by atoms with Crippen molar-refractivity contribution in [2.24, 2.45) is 0 Å². The Morgan fingerprint density at radius 3 is 2.82 bits per heavy atom. The number of benzene rings is 1. The standard InChI is InChI=1S/C15H18N6.ClH/c1-12-15(8-18-20-12)7-16-6-13-3-2-4-14(5-13)9-21-11-17-10-19-21;/h2-5,8,10-11,16H,6-7,9H2,1H3,(H,18,20);1H. The Morgan fingerprint density at radius 1 is 1.23 bits per heavy atom. The van der Waals surface area contributed by atoms with Gasteiger partial charge in [-0.1, -0.05) is 24.3 Å². The van der Waals surface area contributed by atoms with Crippen molar-refractivity contribution in [2.75, 3.05) is 0 Å². The first kappa shape index (κ1) is 16.2. The molecule has 2 heterocycles. The highest BCUT2D eigenvalue weighted by molar-refractivity contribution is 5.85. The molecule has 0 aliphatic heterocycles. The summed E-state index contributed by atoms with van der Waals surface area (Å²) < 4.78 is 1.82. The fraction of sp³-hybridized carbons (Fsp3) is 0.267. The van der Waals surface area contributed by atoms with Crippen molar-refractivity contribution in [3.8, 4) is 0 Å². The van der Waals surface area contributed by atoms with Crippen molar-refractivity contribution >= 4 is 12.4 Å². The number of hydrogen-bond acceptors (Lipinski definition) is 4. The fourth-order valence-electron chi connectivity index (χ4n) is 2.23. The third-order valence-electron chi connectivity index (χ3n) is 3.38. The first-order valence-corrected chi connectivity index (χ1v) is 6.91. The first-order valence-electron chi connectivity index (χ1n) is 6.91. The van der Waals surface area contributed by atoms with Crippen molar-refractivity contribution in [3.05, 3.63) is 65.5 Å². The third kappa shape index (κ3) is 4.16. The molecule has 0 unspecified atom stereocenters. The maximum atomic E-state index is 4.13. The topological polar surface area (TPSA) is 71.4 Å². The van der Waals surface area contributed by atoms with Crippen LogP contribution in [0.3, 0.4) is 0 Å². The molecular formula is C15H19ClN6. The SMILES string of the molecule is Cc1[nH]ncc1CNCc1cccc(Cn2cncn2)c1.Cl. The van der Waals surface area contributed by atoms with Crippen LogP contribution in [0.4, 0.5) is 0 Å². The van der Waals surface area contributed by atoms with Crippen molar-refractivity contribution in [3.63, 3.8) is 0 Å². The van der Waals surface area contributed by atoms with Crippen LogP contribution >= 0.6 is 12.4 Å². The second-order valence-corrected chi connectivity index (χ2v) is 5.04. The third-order valence-corrected chi connectivity index (χ3v) is 3.38. The molecular weight excluding hydrogens is 300 g/mol. The summed E-state index contributed by atoms with van der Waals surface area (Å²) >= 11 is 0. The van der Waals surface area contributed by atoms with Crippen LogP contribution in [0.2, 0.25) is 0 Å². The van der Waals surface area contributed by atoms with Crippen LogP contribution < -0.4 is 5.32 Å². The Balaban J connectivity index is 0.00000176. The van der Waals surface area contributed by atoms with E-state index in [1.54, 1.807) is 12.7 Å². The van der Waals surface area contributed by atoms with E-state index >= 15 is 0 Å². The Bertz CT molecular complexity index is 692. The van der Waals surface area contributed by atoms with Gasteiger partial charge in [-0.2, -0.15) is 10.2 Å². The van der Waals surface area contributed by atoms with Crippen LogP contribution in [-0.2, 0) is 19.6 Å². The maximum absolute atomic E-state index is 4.13. The molecule has 0 radical (unpaired) electrons. The van der Waals surface area contributed by atoms with Gasteiger partial charge in [0.15, 0.2) is 0 Å². The molecule has 1 aromatic carbocycles. The molecule has 7 heteroatoms. The second-order valence-electron chi connectivity index (χ2n) is 5.04. The van der Waals surface area contributed by atoms with E-state index in [0.29, 0.717) is 0 Å². The molecule has 3 rings (SSSR count). The van der Waals surface area contributed by atoms with Crippen LogP contribution in [-0.4, -0.2) is 25.0 Å². The molecule has 3 aromatic rings. The minimum Gasteiger partial charge on any atom is -0.308 e. The summed E-state index contributed by atoms with van der Waals surface area (Å²) in [7, 11) is 0. The van der Waals surface area contributed by atoms with Crippen LogP contribution in [0.1, 0.15) is 22.4 Å². The molecule has 0 saturated heterocycles. The van der Waals surface area contributed by atoms with Crippen molar-refractivity contribution in [1.82, 2.24) is 30.3 Å². The number of aromatic amines is 1. The highest BCUT2D eigenvalue weighted by Gasteiger charge is 2.01. The normalized spacial score (nSPS) is 10.4. The lowest BCUT2D eigenvalue weighted by Crippen LogP contribution is -2.13. The number of hydrogen-bond donors (Lipinski definition) is 2. The number of aromatic nitrogens is 5. The largest absolute Gasteiger partial charge is 0.308 e. The Hall–Kier alpha value is -2.18. The van der Waals surface area contributed by atoms with E-state index in [1.807, 2.05) is 17.8 Å². The molecule has 0 atom stereocenters. The van der Waals surface area contributed by atoms with Crippen LogP contribution in [0, 0.1) is 6.92 Å². The lowest BCUT2D eigenvalue weighted by atomic mass is 10.1. The monoisotopic (exact) mass is 318 g/mol. The number of rotatable bonds is 6. The second kappa shape index (κ2) is 7.72. The summed E-state index contributed by atoms with van der Waals surface area (Å²) in [5, 5.41) is 14.5. The van der Waals surface area contributed by atoms with E-state index in [0.717, 1.165) is 25.3 Å². The van der Waals surface area contributed by atoms with Crippen molar-refractivity contribution in [1.29, 1.82) is 0 Å². The molecule has 0 aliphatic carbocycles. The first-order chi connectivity index (χ1) is 10.3. The Labute approximate surface area is 135 Å². The van der Waals surface area contributed by atoms with Crippen LogP contribution in [0.5, 0.6) is 0 Å². The van der Waals surface area contributed by atoms with E-state index in [2.05, 4.69) is 49.9 Å². The Kier molecular flexibility index (Phi) is 5.68. The summed E-state index contributed by atoms with van der Waals surface area (Å²) in [5.41, 5.74) is 4.80. The molecule has 6 nitrogen and oxygen atoms in total. The molecule has 2 N–H and O–H groups in total. The van der Waals surface area contributed by atoms with E-state index in [4.69, 9.17) is 0 Å². The smallest absolute Gasteiger partial charge is 0.137 e. The van der Waals surface area contributed by atoms with E-state index in [9.17, 15) is 0 Å². The molecule has 116 valence electrons. The zero-order valence-electron chi connectivity index (χ0n) is 12.4. The van der Waals surface area contributed by atoms with E-state index in [-0.39, 0.29) is 12.4 Å². The summed E-state index contributed by atoms with van der Waals surface area (Å²) in [5.74, 6) is 0. The van der Waals surface area contributed by atoms with Gasteiger partial charge in [-0.25, -0.2) is 9.67 Å². The number of aryl methyl sites for hydroxylation is 1. The quantitative estimate of drug-likeness (QED) is 0.730. The average Bonchev–Trinajstić information content (AvgIpc) is 3.12. The van der Waals surface area contributed by atoms with Gasteiger partial charge < -0.3 is 5.32 Å². The highest BCUT2D eigenvalue weighted by Crippen LogP contribution is 2.08. The minimum absolute atomic E-state index is 0. The summed E-state index contributed by atoms with van der Waals surface area (Å²) in [6, 6.07) is 8.49. The van der Waals surface area contributed by atoms with E-state index in [1.165, 1.54) is 16.7 Å². The molecule has 0 fully saturated rings. The molecule has 0 amide bonds. The lowest BCUT2D eigenvalue weighted by Gasteiger charge is -2.07. The van der Waals surface area contributed by atoms with Gasteiger partial charge in [0.1, 0.15) is 12.7 Å². The van der Waals surface area contributed by atoms with Gasteiger partial charge in [0.2, 0.25) is 0 Å². The molecule has 0 bridgehead atoms. The van der Waals surface area contributed by atoms with Gasteiger partial charge in [-0.15, -0.1) is 12.4 Å². The highest BCUT2D eigenvalue weighted by atomic mass is 35.5. The molecule has 22 heavy (non-hydrogen) atoms. The molecule has 0 spiro atoms. The van der Waals surface area contributed by atoms with Gasteiger partial charge in [0, 0.05) is 24.3 Å². The maximum Gasteiger partial charge on any atom is 0.137 e. The number of nitrogens with zero attached hydrogens (tertiary/aromatic N) is 4. The number of halogens is 1. The minimum atomic E-state index is 0. The predicted octanol–water partition coefficient (Wildman–Crippen LogP) is 2.07. The predicted molar refractivity (Wildman–Crippen MR) is 86.7 cm³/mol. The summed E-state index contributed by atoms with van der Waals surface area (Å²) in [4.78, 5) is 3.96. The van der Waals surface area contributed by atoms with Gasteiger partial charge in [0.05, 0.1) is 12.7 Å². The van der Waals surface area contributed by atoms with Crippen LogP contribution in [0.15, 0.2) is 43.1 Å². The summed E-state index contributed by atoms with van der Waals surface area (Å²) in [6.07, 6.45) is 5.15. The van der Waals surface area contributed by atoms with Crippen LogP contribution in [0.25, 0.3) is 0 Å². The Morgan fingerprint density at radius 2 is 2.09 bits per heavy atom. The van der Waals surface area contributed by atoms with Gasteiger partial charge in [-0.3, -0.25) is 5.10 Å². The van der Waals surface area contributed by atoms with Crippen molar-refractivity contribution in [2.45, 2.75) is 26.6 Å². The number of H-pyrrole nitrogens is 1. The van der Waals surface area contributed by atoms with E-state index < -0.39 is 0 Å².